The second-order valence-corrected chi connectivity index (χ2v) is 11.7. The van der Waals surface area contributed by atoms with Gasteiger partial charge in [-0.25, -0.2) is 9.78 Å². The third-order valence-electron chi connectivity index (χ3n) is 7.19. The Kier molecular flexibility index (Phi) is 8.68. The lowest BCUT2D eigenvalue weighted by molar-refractivity contribution is -0.138. The zero-order valence-electron chi connectivity index (χ0n) is 24.1. The summed E-state index contributed by atoms with van der Waals surface area (Å²) in [7, 11) is 3.40. The highest BCUT2D eigenvalue weighted by Crippen LogP contribution is 2.38. The summed E-state index contributed by atoms with van der Waals surface area (Å²) in [4.78, 5) is 35.6. The number of fused-ring (bicyclic) bond motifs is 2. The number of likely N-dealkylation sites (N-methyl/N-ethyl adjacent to an activating group) is 1. The van der Waals surface area contributed by atoms with Gasteiger partial charge in [0.05, 0.1) is 44.4 Å². The van der Waals surface area contributed by atoms with Crippen LogP contribution in [0.15, 0.2) is 46.7 Å². The molecule has 13 heteroatoms. The van der Waals surface area contributed by atoms with Gasteiger partial charge in [-0.05, 0) is 63.3 Å². The van der Waals surface area contributed by atoms with Crippen LogP contribution in [-0.2, 0) is 19.1 Å². The third kappa shape index (κ3) is 6.13. The number of rotatable bonds is 6. The van der Waals surface area contributed by atoms with Crippen molar-refractivity contribution in [1.29, 1.82) is 5.26 Å². The molecule has 3 aromatic heterocycles. The van der Waals surface area contributed by atoms with E-state index in [0.29, 0.717) is 31.9 Å². The van der Waals surface area contributed by atoms with Crippen LogP contribution in [0.5, 0.6) is 0 Å². The molecule has 5 aromatic rings. The summed E-state index contributed by atoms with van der Waals surface area (Å²) >= 11 is 7.54. The summed E-state index contributed by atoms with van der Waals surface area (Å²) in [5, 5.41) is 21.3. The van der Waals surface area contributed by atoms with E-state index in [9.17, 15) is 33.1 Å². The first-order valence-corrected chi connectivity index (χ1v) is 14.6. The predicted octanol–water partition coefficient (Wildman–Crippen LogP) is 6.38. The van der Waals surface area contributed by atoms with Gasteiger partial charge in [0.15, 0.2) is 0 Å². The number of nitrogens with zero attached hydrogens (tertiary/aromatic N) is 5. The molecule has 0 aliphatic heterocycles. The Bertz CT molecular complexity index is 2170. The molecule has 45 heavy (non-hydrogen) atoms. The number of carbonyl (C=O) groups is 1. The number of pyridine rings is 1. The fourth-order valence-corrected chi connectivity index (χ4v) is 6.25. The molecule has 0 radical (unpaired) electrons. The molecule has 0 spiro atoms. The maximum Gasteiger partial charge on any atom is 0.416 e. The van der Waals surface area contributed by atoms with E-state index < -0.39 is 23.3 Å². The number of aryl methyl sites for hydroxylation is 1. The first-order valence-electron chi connectivity index (χ1n) is 13.4. The van der Waals surface area contributed by atoms with Crippen molar-refractivity contribution in [2.45, 2.75) is 26.1 Å². The fourth-order valence-electron chi connectivity index (χ4n) is 5.05. The normalized spacial score (nSPS) is 11.5. The molecule has 3 heterocycles. The van der Waals surface area contributed by atoms with Crippen LogP contribution >= 0.6 is 22.9 Å². The minimum atomic E-state index is -4.74. The largest absolute Gasteiger partial charge is 0.478 e. The molecule has 0 aliphatic rings. The standard InChI is InChI=1S/C32H23ClF3N5O3S/c1-17-39-26-14-25(32(34,35)36)20(9-12-40(2)3)23(15-37)27(26)30(42)41(17)11-4-5-18-6-7-19(33)13-22(18)21-8-10-38-28-24(31(43)44)16-45-29(21)28/h6-8,10,13-14,16H,9,11-12H2,1-3H3,(H,43,44). The number of aromatic nitrogens is 3. The van der Waals surface area contributed by atoms with Gasteiger partial charge in [0.25, 0.3) is 5.56 Å². The van der Waals surface area contributed by atoms with Crippen molar-refractivity contribution >= 4 is 50.0 Å². The van der Waals surface area contributed by atoms with E-state index >= 15 is 0 Å². The van der Waals surface area contributed by atoms with E-state index in [2.05, 4.69) is 21.8 Å². The Morgan fingerprint density at radius 3 is 2.62 bits per heavy atom. The molecule has 0 unspecified atom stereocenters. The maximum atomic E-state index is 14.0. The quantitative estimate of drug-likeness (QED) is 0.213. The lowest BCUT2D eigenvalue weighted by Crippen LogP contribution is -2.26. The monoisotopic (exact) mass is 649 g/mol. The van der Waals surface area contributed by atoms with Crippen LogP contribution in [0.1, 0.15) is 38.4 Å². The van der Waals surface area contributed by atoms with Gasteiger partial charge in [-0.2, -0.15) is 18.4 Å². The Labute approximate surface area is 264 Å². The fraction of sp³-hybridized carbons (Fsp3) is 0.219. The minimum absolute atomic E-state index is 0.0779. The average Bonchev–Trinajstić information content (AvgIpc) is 3.42. The summed E-state index contributed by atoms with van der Waals surface area (Å²) in [6, 6.07) is 9.44. The zero-order chi connectivity index (χ0) is 32.6. The Morgan fingerprint density at radius 2 is 1.96 bits per heavy atom. The molecule has 0 bridgehead atoms. The first-order chi connectivity index (χ1) is 21.3. The molecule has 228 valence electrons. The Balaban J connectivity index is 1.62. The molecule has 2 aromatic carbocycles. The number of aromatic carboxylic acids is 1. The summed E-state index contributed by atoms with van der Waals surface area (Å²) in [6.07, 6.45) is -3.33. The number of hydrogen-bond donors (Lipinski definition) is 1. The lowest BCUT2D eigenvalue weighted by atomic mass is 9.94. The first kappa shape index (κ1) is 31.7. The van der Waals surface area contributed by atoms with Crippen LogP contribution in [0.2, 0.25) is 5.02 Å². The summed E-state index contributed by atoms with van der Waals surface area (Å²) in [5.74, 6) is 5.02. The number of carboxylic acids is 1. The van der Waals surface area contributed by atoms with Gasteiger partial charge in [0.2, 0.25) is 0 Å². The van der Waals surface area contributed by atoms with Crippen LogP contribution in [0.4, 0.5) is 13.2 Å². The summed E-state index contributed by atoms with van der Waals surface area (Å²) in [6.45, 7) is 1.56. The second-order valence-electron chi connectivity index (χ2n) is 10.4. The van der Waals surface area contributed by atoms with Crippen molar-refractivity contribution in [3.05, 3.63) is 90.9 Å². The van der Waals surface area contributed by atoms with E-state index in [0.717, 1.165) is 6.07 Å². The van der Waals surface area contributed by atoms with Gasteiger partial charge < -0.3 is 10.0 Å². The number of hydrogen-bond acceptors (Lipinski definition) is 7. The maximum absolute atomic E-state index is 14.0. The van der Waals surface area contributed by atoms with E-state index in [1.54, 1.807) is 43.3 Å². The Morgan fingerprint density at radius 1 is 1.20 bits per heavy atom. The number of halogens is 4. The molecular formula is C32H23ClF3N5O3S. The number of alkyl halides is 3. The molecule has 0 aliphatic carbocycles. The molecule has 1 N–H and O–H groups in total. The predicted molar refractivity (Wildman–Crippen MR) is 167 cm³/mol. The molecule has 0 fully saturated rings. The highest BCUT2D eigenvalue weighted by Gasteiger charge is 2.36. The minimum Gasteiger partial charge on any atom is -0.478 e. The topological polar surface area (TPSA) is 112 Å². The summed E-state index contributed by atoms with van der Waals surface area (Å²) in [5.41, 5.74) is -0.218. The van der Waals surface area contributed by atoms with Gasteiger partial charge in [0, 0.05) is 39.8 Å². The number of nitriles is 1. The van der Waals surface area contributed by atoms with Gasteiger partial charge in [0.1, 0.15) is 11.9 Å². The average molecular weight is 650 g/mol. The molecule has 0 atom stereocenters. The van der Waals surface area contributed by atoms with Crippen LogP contribution < -0.4 is 5.56 Å². The van der Waals surface area contributed by atoms with Gasteiger partial charge in [-0.15, -0.1) is 11.3 Å². The third-order valence-corrected chi connectivity index (χ3v) is 8.43. The van der Waals surface area contributed by atoms with Gasteiger partial charge >= 0.3 is 12.1 Å². The molecule has 5 rings (SSSR count). The molecule has 0 saturated carbocycles. The van der Waals surface area contributed by atoms with E-state index in [4.69, 9.17) is 11.6 Å². The van der Waals surface area contributed by atoms with Crippen LogP contribution in [0.3, 0.4) is 0 Å². The van der Waals surface area contributed by atoms with E-state index in [-0.39, 0.29) is 52.9 Å². The highest BCUT2D eigenvalue weighted by molar-refractivity contribution is 7.18. The van der Waals surface area contributed by atoms with E-state index in [1.165, 1.54) is 34.4 Å². The highest BCUT2D eigenvalue weighted by atomic mass is 35.5. The second kappa shape index (κ2) is 12.3. The molecular weight excluding hydrogens is 627 g/mol. The number of carboxylic acid groups (broad SMARTS) is 1. The van der Waals surface area contributed by atoms with Gasteiger partial charge in [-0.3, -0.25) is 14.3 Å². The van der Waals surface area contributed by atoms with Crippen molar-refractivity contribution in [1.82, 2.24) is 19.4 Å². The zero-order valence-corrected chi connectivity index (χ0v) is 25.7. The summed E-state index contributed by atoms with van der Waals surface area (Å²) < 4.78 is 44.0. The smallest absolute Gasteiger partial charge is 0.416 e. The van der Waals surface area contributed by atoms with Gasteiger partial charge in [-0.1, -0.05) is 23.4 Å². The van der Waals surface area contributed by atoms with Crippen molar-refractivity contribution < 1.29 is 23.1 Å². The van der Waals surface area contributed by atoms with Crippen molar-refractivity contribution in [3.8, 4) is 29.0 Å². The van der Waals surface area contributed by atoms with Crippen molar-refractivity contribution in [3.63, 3.8) is 0 Å². The van der Waals surface area contributed by atoms with Crippen molar-refractivity contribution in [2.75, 3.05) is 20.6 Å². The lowest BCUT2D eigenvalue weighted by Gasteiger charge is -2.18. The molecule has 0 amide bonds. The molecule has 0 saturated heterocycles. The molecule has 8 nitrogen and oxygen atoms in total. The Hall–Kier alpha value is -4.75. The number of thiophene rings is 1. The van der Waals surface area contributed by atoms with Crippen LogP contribution in [0.25, 0.3) is 32.2 Å². The van der Waals surface area contributed by atoms with E-state index in [1.807, 2.05) is 6.07 Å². The number of benzene rings is 2. The van der Waals surface area contributed by atoms with Crippen molar-refractivity contribution in [2.24, 2.45) is 0 Å². The SMILES string of the molecule is Cc1nc2cc(C(F)(F)F)c(CCN(C)C)c(C#N)c2c(=O)n1CC#Cc1ccc(Cl)cc1-c1ccnc2c(C(=O)O)csc12. The van der Waals surface area contributed by atoms with Crippen LogP contribution in [0, 0.1) is 30.1 Å². The van der Waals surface area contributed by atoms with Crippen LogP contribution in [-0.4, -0.2) is 51.2 Å².